The maximum atomic E-state index is 15.8. The standard InChI is InChI=1S/C31H32F5N3O3/c1-18(2)17-39(21-6-4-3-5-7-21)27-15-25(33)24(23-13-20(32)9-10-22(23)30(41)42)14-26(27)38-29(40)12-19-8-11-28(37-16-19)31(34,35)36/h8-11,13-16,18,21H,3-7,12,17H2,1-2H3,(H,38,40)(H,41,42). The van der Waals surface area contributed by atoms with Gasteiger partial charge in [-0.2, -0.15) is 13.2 Å². The van der Waals surface area contributed by atoms with Crippen LogP contribution in [0.15, 0.2) is 48.7 Å². The van der Waals surface area contributed by atoms with Crippen molar-refractivity contribution in [3.63, 3.8) is 0 Å². The van der Waals surface area contributed by atoms with Crippen molar-refractivity contribution in [1.82, 2.24) is 4.98 Å². The van der Waals surface area contributed by atoms with Crippen LogP contribution in [0.5, 0.6) is 0 Å². The molecule has 224 valence electrons. The number of hydrogen-bond donors (Lipinski definition) is 2. The quantitative estimate of drug-likeness (QED) is 0.250. The normalized spacial score (nSPS) is 14.2. The molecule has 2 N–H and O–H groups in total. The second-order valence-electron chi connectivity index (χ2n) is 11.0. The van der Waals surface area contributed by atoms with Gasteiger partial charge in [-0.1, -0.05) is 39.2 Å². The molecule has 1 fully saturated rings. The van der Waals surface area contributed by atoms with Crippen LogP contribution in [0.2, 0.25) is 0 Å². The Morgan fingerprint density at radius 3 is 2.33 bits per heavy atom. The second-order valence-corrected chi connectivity index (χ2v) is 11.0. The van der Waals surface area contributed by atoms with E-state index in [1.165, 1.54) is 12.1 Å². The number of nitrogens with zero attached hydrogens (tertiary/aromatic N) is 2. The highest BCUT2D eigenvalue weighted by molar-refractivity contribution is 5.99. The number of benzene rings is 2. The summed E-state index contributed by atoms with van der Waals surface area (Å²) in [7, 11) is 0. The van der Waals surface area contributed by atoms with E-state index in [1.807, 2.05) is 13.8 Å². The molecule has 1 aromatic heterocycles. The van der Waals surface area contributed by atoms with E-state index >= 15 is 4.39 Å². The third kappa shape index (κ3) is 7.43. The molecule has 1 saturated carbocycles. The summed E-state index contributed by atoms with van der Waals surface area (Å²) in [6.07, 6.45) is 0.846. The minimum absolute atomic E-state index is 0.0740. The molecule has 1 aliphatic carbocycles. The number of amides is 1. The maximum Gasteiger partial charge on any atom is 0.433 e. The van der Waals surface area contributed by atoms with Crippen molar-refractivity contribution >= 4 is 23.3 Å². The average molecular weight is 590 g/mol. The number of halogens is 5. The lowest BCUT2D eigenvalue weighted by molar-refractivity contribution is -0.141. The lowest BCUT2D eigenvalue weighted by atomic mass is 9.92. The minimum atomic E-state index is -4.62. The summed E-state index contributed by atoms with van der Waals surface area (Å²) in [5.41, 5.74) is -1.00. The van der Waals surface area contributed by atoms with Crippen molar-refractivity contribution in [3.05, 3.63) is 77.1 Å². The zero-order valence-corrected chi connectivity index (χ0v) is 23.3. The molecule has 2 aromatic carbocycles. The molecule has 1 aliphatic rings. The highest BCUT2D eigenvalue weighted by atomic mass is 19.4. The SMILES string of the molecule is CC(C)CN(c1cc(F)c(-c2cc(F)ccc2C(=O)O)cc1NC(=O)Cc1ccc(C(F)(F)F)nc1)C1CCCCC1. The number of carboxylic acid groups (broad SMARTS) is 1. The van der Waals surface area contributed by atoms with Crippen molar-refractivity contribution in [1.29, 1.82) is 0 Å². The van der Waals surface area contributed by atoms with Crippen LogP contribution in [-0.2, 0) is 17.4 Å². The van der Waals surface area contributed by atoms with Crippen LogP contribution < -0.4 is 10.2 Å². The van der Waals surface area contributed by atoms with Gasteiger partial charge in [-0.25, -0.2) is 13.6 Å². The van der Waals surface area contributed by atoms with Crippen molar-refractivity contribution in [2.45, 2.75) is 64.6 Å². The fraction of sp³-hybridized carbons (Fsp3) is 0.387. The first-order chi connectivity index (χ1) is 19.8. The van der Waals surface area contributed by atoms with Crippen molar-refractivity contribution < 1.29 is 36.6 Å². The summed E-state index contributed by atoms with van der Waals surface area (Å²) < 4.78 is 68.8. The van der Waals surface area contributed by atoms with Crippen molar-refractivity contribution in [3.8, 4) is 11.1 Å². The second kappa shape index (κ2) is 12.9. The van der Waals surface area contributed by atoms with Crippen LogP contribution in [-0.4, -0.2) is 34.6 Å². The van der Waals surface area contributed by atoms with Crippen LogP contribution in [0.25, 0.3) is 11.1 Å². The Morgan fingerprint density at radius 2 is 1.74 bits per heavy atom. The molecule has 0 unspecified atom stereocenters. The third-order valence-corrected chi connectivity index (χ3v) is 7.23. The third-order valence-electron chi connectivity index (χ3n) is 7.23. The van der Waals surface area contributed by atoms with E-state index in [1.54, 1.807) is 0 Å². The van der Waals surface area contributed by atoms with E-state index in [-0.39, 0.29) is 46.3 Å². The van der Waals surface area contributed by atoms with Gasteiger partial charge >= 0.3 is 12.1 Å². The first-order valence-electron chi connectivity index (χ1n) is 13.8. The van der Waals surface area contributed by atoms with Crippen LogP contribution in [0.3, 0.4) is 0 Å². The molecule has 3 aromatic rings. The van der Waals surface area contributed by atoms with E-state index in [0.29, 0.717) is 12.2 Å². The first-order valence-corrected chi connectivity index (χ1v) is 13.8. The number of carbonyl (C=O) groups excluding carboxylic acids is 1. The number of nitrogens with one attached hydrogen (secondary N) is 1. The predicted octanol–water partition coefficient (Wildman–Crippen LogP) is 7.72. The summed E-state index contributed by atoms with van der Waals surface area (Å²) in [5.74, 6) is -3.34. The molecule has 0 aliphatic heterocycles. The predicted molar refractivity (Wildman–Crippen MR) is 149 cm³/mol. The van der Waals surface area contributed by atoms with E-state index in [0.717, 1.165) is 68.6 Å². The summed E-state index contributed by atoms with van der Waals surface area (Å²) in [6, 6.07) is 7.48. The van der Waals surface area contributed by atoms with Crippen LogP contribution >= 0.6 is 0 Å². The maximum absolute atomic E-state index is 15.8. The van der Waals surface area contributed by atoms with Crippen LogP contribution in [0, 0.1) is 17.6 Å². The molecule has 4 rings (SSSR count). The van der Waals surface area contributed by atoms with Crippen molar-refractivity contribution in [2.75, 3.05) is 16.8 Å². The number of carbonyl (C=O) groups is 2. The van der Waals surface area contributed by atoms with Crippen LogP contribution in [0.1, 0.15) is 67.6 Å². The van der Waals surface area contributed by atoms with Gasteiger partial charge in [0.15, 0.2) is 0 Å². The Balaban J connectivity index is 1.78. The summed E-state index contributed by atoms with van der Waals surface area (Å²) in [6.45, 7) is 4.58. The van der Waals surface area contributed by atoms with E-state index < -0.39 is 35.4 Å². The van der Waals surface area contributed by atoms with Gasteiger partial charge in [0.1, 0.15) is 17.3 Å². The van der Waals surface area contributed by atoms with Crippen molar-refractivity contribution in [2.24, 2.45) is 5.92 Å². The van der Waals surface area contributed by atoms with Gasteiger partial charge < -0.3 is 15.3 Å². The highest BCUT2D eigenvalue weighted by Gasteiger charge is 2.32. The number of rotatable bonds is 9. The van der Waals surface area contributed by atoms with E-state index in [2.05, 4.69) is 15.2 Å². The molecular weight excluding hydrogens is 557 g/mol. The number of alkyl halides is 3. The molecule has 11 heteroatoms. The van der Waals surface area contributed by atoms with Gasteiger partial charge in [0.05, 0.1) is 23.4 Å². The minimum Gasteiger partial charge on any atom is -0.478 e. The molecule has 0 bridgehead atoms. The Labute approximate surface area is 240 Å². The monoisotopic (exact) mass is 589 g/mol. The fourth-order valence-electron chi connectivity index (χ4n) is 5.34. The number of anilines is 2. The van der Waals surface area contributed by atoms with Gasteiger partial charge in [0.2, 0.25) is 5.91 Å². The summed E-state index contributed by atoms with van der Waals surface area (Å²) in [4.78, 5) is 30.5. The number of aromatic nitrogens is 1. The highest BCUT2D eigenvalue weighted by Crippen LogP contribution is 2.39. The Bertz CT molecular complexity index is 1430. The lowest BCUT2D eigenvalue weighted by Crippen LogP contribution is -2.40. The van der Waals surface area contributed by atoms with Gasteiger partial charge in [-0.05, 0) is 60.7 Å². The Morgan fingerprint density at radius 1 is 1.02 bits per heavy atom. The first kappa shape index (κ1) is 30.9. The molecular formula is C31H32F5N3O3. The van der Waals surface area contributed by atoms with Crippen LogP contribution in [0.4, 0.5) is 33.3 Å². The average Bonchev–Trinajstić information content (AvgIpc) is 2.92. The zero-order valence-electron chi connectivity index (χ0n) is 23.3. The molecule has 0 radical (unpaired) electrons. The van der Waals surface area contributed by atoms with Gasteiger partial charge in [0, 0.05) is 29.9 Å². The Kier molecular flexibility index (Phi) is 9.48. The van der Waals surface area contributed by atoms with Gasteiger partial charge in [-0.15, -0.1) is 0 Å². The molecule has 0 atom stereocenters. The topological polar surface area (TPSA) is 82.5 Å². The number of carboxylic acids is 1. The van der Waals surface area contributed by atoms with Gasteiger partial charge in [0.25, 0.3) is 0 Å². The van der Waals surface area contributed by atoms with Gasteiger partial charge in [-0.3, -0.25) is 9.78 Å². The molecule has 0 spiro atoms. The molecule has 1 heterocycles. The molecule has 6 nitrogen and oxygen atoms in total. The zero-order chi connectivity index (χ0) is 30.6. The van der Waals surface area contributed by atoms with E-state index in [4.69, 9.17) is 0 Å². The smallest absolute Gasteiger partial charge is 0.433 e. The largest absolute Gasteiger partial charge is 0.478 e. The number of aromatic carboxylic acids is 1. The van der Waals surface area contributed by atoms with E-state index in [9.17, 15) is 32.3 Å². The number of hydrogen-bond acceptors (Lipinski definition) is 4. The summed E-state index contributed by atoms with van der Waals surface area (Å²) in [5, 5.41) is 12.4. The fourth-order valence-corrected chi connectivity index (χ4v) is 5.34. The molecule has 1 amide bonds. The molecule has 42 heavy (non-hydrogen) atoms. The lowest BCUT2D eigenvalue weighted by Gasteiger charge is -2.38. The Hall–Kier alpha value is -4.02. The number of pyridine rings is 1. The summed E-state index contributed by atoms with van der Waals surface area (Å²) >= 11 is 0. The molecule has 0 saturated heterocycles.